The van der Waals surface area contributed by atoms with Crippen LogP contribution in [0.1, 0.15) is 30.7 Å². The average molecular weight is 364 g/mol. The van der Waals surface area contributed by atoms with Crippen LogP contribution in [0.25, 0.3) is 11.3 Å². The third-order valence-corrected chi connectivity index (χ3v) is 4.53. The Morgan fingerprint density at radius 3 is 2.74 bits per heavy atom. The molecule has 27 heavy (non-hydrogen) atoms. The summed E-state index contributed by atoms with van der Waals surface area (Å²) in [7, 11) is 1.89. The number of nitrogens with one attached hydrogen (secondary N) is 2. The van der Waals surface area contributed by atoms with Crippen LogP contribution in [0.15, 0.2) is 36.9 Å². The van der Waals surface area contributed by atoms with E-state index in [1.54, 1.807) is 17.1 Å². The molecular formula is C19H24N8. The van der Waals surface area contributed by atoms with Gasteiger partial charge in [-0.15, -0.1) is 0 Å². The van der Waals surface area contributed by atoms with E-state index in [1.165, 1.54) is 18.4 Å². The van der Waals surface area contributed by atoms with Crippen molar-refractivity contribution in [2.24, 2.45) is 12.8 Å². The van der Waals surface area contributed by atoms with Crippen LogP contribution in [0.5, 0.6) is 0 Å². The summed E-state index contributed by atoms with van der Waals surface area (Å²) in [5.41, 5.74) is 9.50. The minimum Gasteiger partial charge on any atom is -0.370 e. The fraction of sp³-hybridized carbons (Fsp3) is 0.368. The minimum atomic E-state index is 0.561. The lowest BCUT2D eigenvalue weighted by molar-refractivity contribution is 0.768. The summed E-state index contributed by atoms with van der Waals surface area (Å²) in [6, 6.07) is 3.92. The van der Waals surface area contributed by atoms with Crippen LogP contribution in [-0.4, -0.2) is 37.8 Å². The molecule has 0 saturated heterocycles. The average Bonchev–Trinajstić information content (AvgIpc) is 3.43. The fourth-order valence-electron chi connectivity index (χ4n) is 2.92. The van der Waals surface area contributed by atoms with Crippen molar-refractivity contribution < 1.29 is 0 Å². The van der Waals surface area contributed by atoms with Crippen LogP contribution in [0, 0.1) is 0 Å². The van der Waals surface area contributed by atoms with E-state index < -0.39 is 0 Å². The Labute approximate surface area is 158 Å². The predicted octanol–water partition coefficient (Wildman–Crippen LogP) is 2.65. The standard InChI is InChI=1S/C19H24N8/c1-27-12-14(9-24-27)17-6-5-15(10-22-17)25-19-23-11-16(13-3-4-13)18(26-19)21-8-2-7-20/h5-6,9-13H,2-4,7-8,20H2,1H3,(H2,21,23,25,26). The molecule has 4 N–H and O–H groups in total. The number of hydrogen-bond acceptors (Lipinski definition) is 7. The van der Waals surface area contributed by atoms with Crippen LogP contribution < -0.4 is 16.4 Å². The van der Waals surface area contributed by atoms with Crippen molar-refractivity contribution in [3.8, 4) is 11.3 Å². The highest BCUT2D eigenvalue weighted by atomic mass is 15.2. The summed E-state index contributed by atoms with van der Waals surface area (Å²) in [6.45, 7) is 1.48. The smallest absolute Gasteiger partial charge is 0.229 e. The molecule has 3 heterocycles. The quantitative estimate of drug-likeness (QED) is 0.528. The highest BCUT2D eigenvalue weighted by Gasteiger charge is 2.27. The fourth-order valence-corrected chi connectivity index (χ4v) is 2.92. The SMILES string of the molecule is Cn1cc(-c2ccc(Nc3ncc(C4CC4)c(NCCCN)n3)cn2)cn1. The number of anilines is 3. The molecule has 0 aromatic carbocycles. The topological polar surface area (TPSA) is 107 Å². The lowest BCUT2D eigenvalue weighted by Gasteiger charge is -2.12. The number of rotatable bonds is 8. The second kappa shape index (κ2) is 7.71. The van der Waals surface area contributed by atoms with Crippen molar-refractivity contribution in [2.75, 3.05) is 23.7 Å². The second-order valence-electron chi connectivity index (χ2n) is 6.80. The maximum Gasteiger partial charge on any atom is 0.229 e. The van der Waals surface area contributed by atoms with Gasteiger partial charge in [-0.05, 0) is 43.9 Å². The van der Waals surface area contributed by atoms with Gasteiger partial charge in [0.05, 0.1) is 23.8 Å². The van der Waals surface area contributed by atoms with Crippen LogP contribution in [-0.2, 0) is 7.05 Å². The maximum atomic E-state index is 5.59. The van der Waals surface area contributed by atoms with Gasteiger partial charge < -0.3 is 16.4 Å². The summed E-state index contributed by atoms with van der Waals surface area (Å²) < 4.78 is 1.76. The summed E-state index contributed by atoms with van der Waals surface area (Å²) >= 11 is 0. The molecule has 0 radical (unpaired) electrons. The number of nitrogens with two attached hydrogens (primary N) is 1. The van der Waals surface area contributed by atoms with Crippen LogP contribution >= 0.6 is 0 Å². The highest BCUT2D eigenvalue weighted by molar-refractivity contribution is 5.62. The number of aromatic nitrogens is 5. The molecule has 140 valence electrons. The van der Waals surface area contributed by atoms with Crippen LogP contribution in [0.2, 0.25) is 0 Å². The van der Waals surface area contributed by atoms with E-state index in [1.807, 2.05) is 31.6 Å². The molecule has 4 rings (SSSR count). The third kappa shape index (κ3) is 4.22. The van der Waals surface area contributed by atoms with Gasteiger partial charge >= 0.3 is 0 Å². The van der Waals surface area contributed by atoms with Gasteiger partial charge in [0.25, 0.3) is 0 Å². The molecule has 0 aliphatic heterocycles. The summed E-state index contributed by atoms with van der Waals surface area (Å²) in [5, 5.41) is 10.8. The first-order valence-corrected chi connectivity index (χ1v) is 9.26. The molecule has 8 heteroatoms. The highest BCUT2D eigenvalue weighted by Crippen LogP contribution is 2.42. The Bertz CT molecular complexity index is 898. The van der Waals surface area contributed by atoms with Crippen molar-refractivity contribution in [1.29, 1.82) is 0 Å². The Morgan fingerprint density at radius 2 is 2.07 bits per heavy atom. The summed E-state index contributed by atoms with van der Waals surface area (Å²) in [5.74, 6) is 2.05. The predicted molar refractivity (Wildman–Crippen MR) is 106 cm³/mol. The van der Waals surface area contributed by atoms with E-state index in [2.05, 4.69) is 30.7 Å². The Hall–Kier alpha value is -3.00. The first kappa shape index (κ1) is 17.4. The van der Waals surface area contributed by atoms with Gasteiger partial charge in [0, 0.05) is 37.1 Å². The molecule has 0 amide bonds. The Morgan fingerprint density at radius 1 is 1.19 bits per heavy atom. The number of pyridine rings is 1. The number of hydrogen-bond donors (Lipinski definition) is 3. The van der Waals surface area contributed by atoms with Crippen molar-refractivity contribution in [2.45, 2.75) is 25.2 Å². The van der Waals surface area contributed by atoms with Gasteiger partial charge in [-0.3, -0.25) is 9.67 Å². The van der Waals surface area contributed by atoms with E-state index in [9.17, 15) is 0 Å². The summed E-state index contributed by atoms with van der Waals surface area (Å²) in [4.78, 5) is 13.6. The molecule has 1 fully saturated rings. The zero-order chi connectivity index (χ0) is 18.6. The van der Waals surface area contributed by atoms with Crippen LogP contribution in [0.4, 0.5) is 17.5 Å². The number of aryl methyl sites for hydroxylation is 1. The Kier molecular flexibility index (Phi) is 4.97. The largest absolute Gasteiger partial charge is 0.370 e. The molecule has 3 aromatic heterocycles. The van der Waals surface area contributed by atoms with E-state index >= 15 is 0 Å². The zero-order valence-corrected chi connectivity index (χ0v) is 15.4. The van der Waals surface area contributed by atoms with Crippen molar-refractivity contribution in [1.82, 2.24) is 24.7 Å². The van der Waals surface area contributed by atoms with E-state index in [0.717, 1.165) is 35.7 Å². The van der Waals surface area contributed by atoms with Crippen molar-refractivity contribution in [3.05, 3.63) is 42.5 Å². The molecule has 8 nitrogen and oxygen atoms in total. The first-order chi connectivity index (χ1) is 13.2. The lowest BCUT2D eigenvalue weighted by Crippen LogP contribution is -2.12. The molecular weight excluding hydrogens is 340 g/mol. The minimum absolute atomic E-state index is 0.561. The maximum absolute atomic E-state index is 5.59. The molecule has 0 spiro atoms. The van der Waals surface area contributed by atoms with E-state index in [4.69, 9.17) is 5.73 Å². The monoisotopic (exact) mass is 364 g/mol. The first-order valence-electron chi connectivity index (χ1n) is 9.26. The molecule has 1 aliphatic rings. The summed E-state index contributed by atoms with van der Waals surface area (Å²) in [6.07, 6.45) is 10.8. The zero-order valence-electron chi connectivity index (χ0n) is 15.4. The van der Waals surface area contributed by atoms with Gasteiger partial charge in [-0.25, -0.2) is 4.98 Å². The van der Waals surface area contributed by atoms with E-state index in [-0.39, 0.29) is 0 Å². The van der Waals surface area contributed by atoms with Crippen LogP contribution in [0.3, 0.4) is 0 Å². The molecule has 0 unspecified atom stereocenters. The van der Waals surface area contributed by atoms with Gasteiger partial charge in [0.2, 0.25) is 5.95 Å². The lowest BCUT2D eigenvalue weighted by atomic mass is 10.2. The normalized spacial score (nSPS) is 13.6. The molecule has 3 aromatic rings. The van der Waals surface area contributed by atoms with Gasteiger partial charge in [0.15, 0.2) is 0 Å². The molecule has 0 atom stereocenters. The molecule has 0 bridgehead atoms. The molecule has 1 saturated carbocycles. The van der Waals surface area contributed by atoms with Gasteiger partial charge in [-0.1, -0.05) is 0 Å². The van der Waals surface area contributed by atoms with Crippen molar-refractivity contribution >= 4 is 17.5 Å². The van der Waals surface area contributed by atoms with Crippen molar-refractivity contribution in [3.63, 3.8) is 0 Å². The van der Waals surface area contributed by atoms with Gasteiger partial charge in [0.1, 0.15) is 5.82 Å². The van der Waals surface area contributed by atoms with Gasteiger partial charge in [-0.2, -0.15) is 10.1 Å². The number of nitrogens with zero attached hydrogens (tertiary/aromatic N) is 5. The molecule has 1 aliphatic carbocycles. The van der Waals surface area contributed by atoms with E-state index in [0.29, 0.717) is 18.4 Å². The Balaban J connectivity index is 1.49. The third-order valence-electron chi connectivity index (χ3n) is 4.53. The second-order valence-corrected chi connectivity index (χ2v) is 6.80.